The van der Waals surface area contributed by atoms with E-state index in [1.165, 1.54) is 24.0 Å². The Morgan fingerprint density at radius 1 is 1.00 bits per heavy atom. The van der Waals surface area contributed by atoms with Crippen molar-refractivity contribution in [1.82, 2.24) is 0 Å². The number of hydrogen-bond donors (Lipinski definition) is 2. The highest BCUT2D eigenvalue weighted by molar-refractivity contribution is 7.92. The van der Waals surface area contributed by atoms with Gasteiger partial charge in [-0.15, -0.1) is 0 Å². The molecule has 2 aliphatic rings. The van der Waals surface area contributed by atoms with E-state index in [-0.39, 0.29) is 5.75 Å². The first-order valence-corrected chi connectivity index (χ1v) is 7.69. The van der Waals surface area contributed by atoms with Crippen LogP contribution in [0.5, 0.6) is 0 Å². The topological polar surface area (TPSA) is 58.2 Å². The van der Waals surface area contributed by atoms with Gasteiger partial charge < -0.3 is 5.32 Å². The van der Waals surface area contributed by atoms with E-state index >= 15 is 0 Å². The molecular formula is C12H16N2O2S. The lowest BCUT2D eigenvalue weighted by Crippen LogP contribution is -2.17. The van der Waals surface area contributed by atoms with E-state index in [9.17, 15) is 8.42 Å². The molecule has 1 aliphatic heterocycles. The van der Waals surface area contributed by atoms with Crippen molar-refractivity contribution >= 4 is 21.4 Å². The van der Waals surface area contributed by atoms with Crippen LogP contribution in [0, 0.1) is 0 Å². The first-order chi connectivity index (χ1) is 8.14. The van der Waals surface area contributed by atoms with E-state index in [2.05, 4.69) is 16.1 Å². The molecule has 1 aliphatic carbocycles. The SMILES string of the molecule is O=S1(=O)CCNc2cc3c(cc2N1)CCCC3. The third-order valence-corrected chi connectivity index (χ3v) is 4.71. The van der Waals surface area contributed by atoms with Crippen LogP contribution in [0.1, 0.15) is 24.0 Å². The lowest BCUT2D eigenvalue weighted by Gasteiger charge is -2.19. The van der Waals surface area contributed by atoms with E-state index in [0.29, 0.717) is 12.2 Å². The Morgan fingerprint density at radius 3 is 2.35 bits per heavy atom. The highest BCUT2D eigenvalue weighted by Gasteiger charge is 2.20. The fraction of sp³-hybridized carbons (Fsp3) is 0.500. The first-order valence-electron chi connectivity index (χ1n) is 6.04. The Balaban J connectivity index is 2.08. The maximum Gasteiger partial charge on any atom is 0.234 e. The average Bonchev–Trinajstić information content (AvgIpc) is 2.42. The highest BCUT2D eigenvalue weighted by atomic mass is 32.2. The molecule has 0 atom stereocenters. The summed E-state index contributed by atoms with van der Waals surface area (Å²) >= 11 is 0. The van der Waals surface area contributed by atoms with Crippen molar-refractivity contribution in [2.75, 3.05) is 22.3 Å². The van der Waals surface area contributed by atoms with E-state index in [1.807, 2.05) is 6.07 Å². The van der Waals surface area contributed by atoms with Gasteiger partial charge in [-0.25, -0.2) is 8.42 Å². The van der Waals surface area contributed by atoms with Gasteiger partial charge in [-0.05, 0) is 48.9 Å². The molecule has 0 amide bonds. The van der Waals surface area contributed by atoms with E-state index in [4.69, 9.17) is 0 Å². The molecule has 2 N–H and O–H groups in total. The molecule has 1 aromatic carbocycles. The van der Waals surface area contributed by atoms with E-state index in [1.54, 1.807) is 0 Å². The van der Waals surface area contributed by atoms with Crippen LogP contribution in [0.25, 0.3) is 0 Å². The Morgan fingerprint density at radius 2 is 1.65 bits per heavy atom. The van der Waals surface area contributed by atoms with Crippen LogP contribution in [0.15, 0.2) is 12.1 Å². The Hall–Kier alpha value is -1.23. The summed E-state index contributed by atoms with van der Waals surface area (Å²) in [6.45, 7) is 0.473. The minimum absolute atomic E-state index is 0.131. The van der Waals surface area contributed by atoms with Gasteiger partial charge in [-0.1, -0.05) is 0 Å². The van der Waals surface area contributed by atoms with Crippen LogP contribution < -0.4 is 10.0 Å². The van der Waals surface area contributed by atoms with Crippen molar-refractivity contribution in [2.24, 2.45) is 0 Å². The number of aryl methyl sites for hydroxylation is 2. The zero-order valence-electron chi connectivity index (χ0n) is 9.62. The standard InChI is InChI=1S/C12H16N2O2S/c15-17(16)6-5-13-11-7-9-3-1-2-4-10(9)8-12(11)14-17/h7-8,13-14H,1-6H2. The van der Waals surface area contributed by atoms with Gasteiger partial charge in [-0.2, -0.15) is 0 Å². The Bertz CT molecular complexity index is 552. The predicted molar refractivity (Wildman–Crippen MR) is 69.0 cm³/mol. The molecule has 1 aromatic rings. The van der Waals surface area contributed by atoms with E-state index < -0.39 is 10.0 Å². The summed E-state index contributed by atoms with van der Waals surface area (Å²) in [4.78, 5) is 0. The molecule has 0 spiro atoms. The largest absolute Gasteiger partial charge is 0.382 e. The van der Waals surface area contributed by atoms with Crippen molar-refractivity contribution in [3.05, 3.63) is 23.3 Å². The van der Waals surface area contributed by atoms with E-state index in [0.717, 1.165) is 18.5 Å². The maximum absolute atomic E-state index is 11.7. The lowest BCUT2D eigenvalue weighted by atomic mass is 9.91. The van der Waals surface area contributed by atoms with Crippen LogP contribution in [0.2, 0.25) is 0 Å². The number of rotatable bonds is 0. The number of fused-ring (bicyclic) bond motifs is 2. The van der Waals surface area contributed by atoms with Crippen LogP contribution >= 0.6 is 0 Å². The highest BCUT2D eigenvalue weighted by Crippen LogP contribution is 2.32. The summed E-state index contributed by atoms with van der Waals surface area (Å²) in [6.07, 6.45) is 4.60. The molecule has 1 heterocycles. The van der Waals surface area contributed by atoms with Crippen molar-refractivity contribution in [3.8, 4) is 0 Å². The normalized spacial score (nSPS) is 21.4. The minimum Gasteiger partial charge on any atom is -0.382 e. The lowest BCUT2D eigenvalue weighted by molar-refractivity contribution is 0.602. The van der Waals surface area contributed by atoms with Gasteiger partial charge in [-0.3, -0.25) is 4.72 Å². The third-order valence-electron chi connectivity index (χ3n) is 3.43. The molecule has 4 nitrogen and oxygen atoms in total. The molecule has 0 aromatic heterocycles. The molecule has 0 bridgehead atoms. The van der Waals surface area contributed by atoms with Crippen LogP contribution in [-0.4, -0.2) is 20.7 Å². The monoisotopic (exact) mass is 252 g/mol. The number of hydrogen-bond acceptors (Lipinski definition) is 3. The second-order valence-electron chi connectivity index (χ2n) is 4.72. The first kappa shape index (κ1) is 10.9. The molecule has 0 fully saturated rings. The second kappa shape index (κ2) is 3.91. The Kier molecular flexibility index (Phi) is 2.50. The summed E-state index contributed by atoms with van der Waals surface area (Å²) in [5.41, 5.74) is 4.29. The summed E-state index contributed by atoms with van der Waals surface area (Å²) in [5.74, 6) is 0.131. The van der Waals surface area contributed by atoms with Crippen molar-refractivity contribution in [1.29, 1.82) is 0 Å². The van der Waals surface area contributed by atoms with Crippen LogP contribution in [0.4, 0.5) is 11.4 Å². The van der Waals surface area contributed by atoms with Gasteiger partial charge in [0.05, 0.1) is 17.1 Å². The van der Waals surface area contributed by atoms with Gasteiger partial charge in [0.25, 0.3) is 0 Å². The van der Waals surface area contributed by atoms with Gasteiger partial charge in [0.15, 0.2) is 0 Å². The van der Waals surface area contributed by atoms with Crippen LogP contribution in [-0.2, 0) is 22.9 Å². The van der Waals surface area contributed by atoms with Crippen LogP contribution in [0.3, 0.4) is 0 Å². The quantitative estimate of drug-likeness (QED) is 0.739. The summed E-state index contributed by atoms with van der Waals surface area (Å²) < 4.78 is 26.0. The smallest absolute Gasteiger partial charge is 0.234 e. The molecule has 0 saturated heterocycles. The Labute approximate surface area is 101 Å². The second-order valence-corrected chi connectivity index (χ2v) is 6.56. The molecule has 5 heteroatoms. The van der Waals surface area contributed by atoms with Gasteiger partial charge in [0.2, 0.25) is 10.0 Å². The fourth-order valence-corrected chi connectivity index (χ4v) is 3.53. The number of sulfonamides is 1. The minimum atomic E-state index is -3.17. The van der Waals surface area contributed by atoms with Crippen molar-refractivity contribution < 1.29 is 8.42 Å². The van der Waals surface area contributed by atoms with Gasteiger partial charge in [0, 0.05) is 6.54 Å². The average molecular weight is 252 g/mol. The molecule has 92 valence electrons. The number of benzene rings is 1. The molecule has 0 radical (unpaired) electrons. The fourth-order valence-electron chi connectivity index (χ4n) is 2.56. The predicted octanol–water partition coefficient (Wildman–Crippen LogP) is 1.73. The molecule has 17 heavy (non-hydrogen) atoms. The molecule has 3 rings (SSSR count). The van der Waals surface area contributed by atoms with Gasteiger partial charge in [0.1, 0.15) is 0 Å². The van der Waals surface area contributed by atoms with Crippen molar-refractivity contribution in [3.63, 3.8) is 0 Å². The molecular weight excluding hydrogens is 236 g/mol. The zero-order chi connectivity index (χ0) is 11.9. The van der Waals surface area contributed by atoms with Crippen molar-refractivity contribution in [2.45, 2.75) is 25.7 Å². The summed E-state index contributed by atoms with van der Waals surface area (Å²) in [7, 11) is -3.17. The zero-order valence-corrected chi connectivity index (χ0v) is 10.4. The molecule has 0 saturated carbocycles. The third kappa shape index (κ3) is 2.11. The molecule has 0 unspecified atom stereocenters. The summed E-state index contributed by atoms with van der Waals surface area (Å²) in [6, 6.07) is 4.11. The summed E-state index contributed by atoms with van der Waals surface area (Å²) in [5, 5.41) is 3.19. The van der Waals surface area contributed by atoms with Gasteiger partial charge >= 0.3 is 0 Å². The number of nitrogens with one attached hydrogen (secondary N) is 2. The maximum atomic E-state index is 11.7. The number of anilines is 2.